The van der Waals surface area contributed by atoms with Crippen molar-refractivity contribution in [3.8, 4) is 0 Å². The summed E-state index contributed by atoms with van der Waals surface area (Å²) in [6, 6.07) is 4.75. The highest BCUT2D eigenvalue weighted by Gasteiger charge is 2.37. The molecular weight excluding hydrogens is 349 g/mol. The highest BCUT2D eigenvalue weighted by atomic mass is 35.5. The van der Waals surface area contributed by atoms with E-state index in [0.717, 1.165) is 38.8 Å². The Balaban J connectivity index is 1.57. The highest BCUT2D eigenvalue weighted by molar-refractivity contribution is 6.42. The first-order valence-corrected chi connectivity index (χ1v) is 9.01. The lowest BCUT2D eigenvalue weighted by atomic mass is 9.71. The highest BCUT2D eigenvalue weighted by Crippen LogP contribution is 2.39. The van der Waals surface area contributed by atoms with Gasteiger partial charge in [-0.05, 0) is 62.4 Å². The second kappa shape index (κ2) is 7.30. The fourth-order valence-corrected chi connectivity index (χ4v) is 4.01. The van der Waals surface area contributed by atoms with E-state index in [-0.39, 0.29) is 0 Å². The van der Waals surface area contributed by atoms with Crippen molar-refractivity contribution in [3.63, 3.8) is 0 Å². The number of piperidine rings is 2. The zero-order valence-corrected chi connectivity index (χ0v) is 14.9. The number of halogens is 2. The molecule has 2 aliphatic rings. The van der Waals surface area contributed by atoms with Crippen LogP contribution in [-0.4, -0.2) is 42.9 Å². The summed E-state index contributed by atoms with van der Waals surface area (Å²) in [6.07, 6.45) is 4.24. The van der Waals surface area contributed by atoms with Crippen molar-refractivity contribution < 1.29 is 9.59 Å². The van der Waals surface area contributed by atoms with Crippen LogP contribution in [0.15, 0.2) is 18.2 Å². The van der Waals surface area contributed by atoms with Gasteiger partial charge in [0.2, 0.25) is 0 Å². The molecule has 7 heteroatoms. The van der Waals surface area contributed by atoms with E-state index < -0.39 is 11.8 Å². The van der Waals surface area contributed by atoms with E-state index >= 15 is 0 Å². The first kappa shape index (κ1) is 17.5. The minimum atomic E-state index is -0.652. The normalized spacial score (nSPS) is 20.0. The van der Waals surface area contributed by atoms with Crippen LogP contribution in [-0.2, 0) is 9.59 Å². The van der Waals surface area contributed by atoms with Gasteiger partial charge in [0.05, 0.1) is 10.7 Å². The van der Waals surface area contributed by atoms with Crippen molar-refractivity contribution in [3.05, 3.63) is 28.2 Å². The van der Waals surface area contributed by atoms with E-state index in [2.05, 4.69) is 10.6 Å². The molecule has 2 fully saturated rings. The van der Waals surface area contributed by atoms with E-state index in [1.807, 2.05) is 0 Å². The third kappa shape index (κ3) is 3.85. The predicted octanol–water partition coefficient (Wildman–Crippen LogP) is 2.92. The number of amides is 2. The van der Waals surface area contributed by atoms with Crippen LogP contribution in [0.3, 0.4) is 0 Å². The number of nitrogens with one attached hydrogen (secondary N) is 2. The summed E-state index contributed by atoms with van der Waals surface area (Å²) in [5, 5.41) is 6.75. The van der Waals surface area contributed by atoms with E-state index in [1.165, 1.54) is 6.07 Å². The molecule has 2 heterocycles. The van der Waals surface area contributed by atoms with Crippen LogP contribution >= 0.6 is 23.2 Å². The van der Waals surface area contributed by atoms with Crippen LogP contribution in [0.2, 0.25) is 10.0 Å². The van der Waals surface area contributed by atoms with Crippen LogP contribution < -0.4 is 10.6 Å². The number of nitrogens with zero attached hydrogens (tertiary/aromatic N) is 1. The topological polar surface area (TPSA) is 61.4 Å². The summed E-state index contributed by atoms with van der Waals surface area (Å²) in [5.41, 5.74) is 0.740. The van der Waals surface area contributed by atoms with Crippen LogP contribution in [0.4, 0.5) is 5.69 Å². The van der Waals surface area contributed by atoms with Gasteiger partial charge in [0.25, 0.3) is 0 Å². The molecule has 0 bridgehead atoms. The molecule has 2 amide bonds. The summed E-state index contributed by atoms with van der Waals surface area (Å²) < 4.78 is 0. The SMILES string of the molecule is O=C(Nc1ccc(Cl)cc1Cl)C(=O)N1CCC2(CCNCC2)CC1. The number of carbonyl (C=O) groups is 2. The lowest BCUT2D eigenvalue weighted by Gasteiger charge is -2.44. The second-order valence-corrected chi connectivity index (χ2v) is 7.46. The molecule has 3 rings (SSSR count). The Bertz CT molecular complexity index is 635. The van der Waals surface area contributed by atoms with E-state index in [4.69, 9.17) is 23.2 Å². The minimum absolute atomic E-state index is 0.316. The van der Waals surface area contributed by atoms with Gasteiger partial charge in [-0.3, -0.25) is 9.59 Å². The predicted molar refractivity (Wildman–Crippen MR) is 95.4 cm³/mol. The number of hydrogen-bond donors (Lipinski definition) is 2. The average molecular weight is 370 g/mol. The molecule has 0 saturated carbocycles. The summed E-state index contributed by atoms with van der Waals surface area (Å²) in [5.74, 6) is -1.15. The molecule has 1 aromatic carbocycles. The molecular formula is C17H21Cl2N3O2. The average Bonchev–Trinajstić information content (AvgIpc) is 2.58. The fourth-order valence-electron chi connectivity index (χ4n) is 3.55. The Morgan fingerprint density at radius 3 is 2.38 bits per heavy atom. The lowest BCUT2D eigenvalue weighted by molar-refractivity contribution is -0.145. The van der Waals surface area contributed by atoms with Gasteiger partial charge in [-0.1, -0.05) is 23.2 Å². The first-order chi connectivity index (χ1) is 11.5. The van der Waals surface area contributed by atoms with Crippen LogP contribution in [0.1, 0.15) is 25.7 Å². The summed E-state index contributed by atoms with van der Waals surface area (Å²) in [7, 11) is 0. The smallest absolute Gasteiger partial charge is 0.313 e. The molecule has 0 radical (unpaired) electrons. The van der Waals surface area contributed by atoms with Gasteiger partial charge in [-0.15, -0.1) is 0 Å². The molecule has 0 atom stereocenters. The second-order valence-electron chi connectivity index (χ2n) is 6.62. The number of anilines is 1. The van der Waals surface area contributed by atoms with Crippen LogP contribution in [0.5, 0.6) is 0 Å². The molecule has 2 N–H and O–H groups in total. The quantitative estimate of drug-likeness (QED) is 0.748. The van der Waals surface area contributed by atoms with Gasteiger partial charge in [-0.25, -0.2) is 0 Å². The van der Waals surface area contributed by atoms with Gasteiger partial charge >= 0.3 is 11.8 Å². The Kier molecular flexibility index (Phi) is 5.33. The number of hydrogen-bond acceptors (Lipinski definition) is 3. The lowest BCUT2D eigenvalue weighted by Crippen LogP contribution is -2.49. The Labute approximate surface area is 151 Å². The summed E-state index contributed by atoms with van der Waals surface area (Å²) in [4.78, 5) is 26.2. The van der Waals surface area contributed by atoms with Crippen LogP contribution in [0.25, 0.3) is 0 Å². The van der Waals surface area contributed by atoms with Gasteiger partial charge in [-0.2, -0.15) is 0 Å². The third-order valence-corrected chi connectivity index (χ3v) is 5.70. The Morgan fingerprint density at radius 1 is 1.08 bits per heavy atom. The molecule has 130 valence electrons. The molecule has 1 spiro atoms. The van der Waals surface area contributed by atoms with Crippen molar-refractivity contribution in [2.24, 2.45) is 5.41 Å². The molecule has 0 unspecified atom stereocenters. The van der Waals surface area contributed by atoms with Crippen molar-refractivity contribution in [2.45, 2.75) is 25.7 Å². The minimum Gasteiger partial charge on any atom is -0.334 e. The van der Waals surface area contributed by atoms with Gasteiger partial charge in [0, 0.05) is 18.1 Å². The third-order valence-electron chi connectivity index (χ3n) is 5.15. The maximum atomic E-state index is 12.4. The van der Waals surface area contributed by atoms with Crippen molar-refractivity contribution in [1.82, 2.24) is 10.2 Å². The van der Waals surface area contributed by atoms with Gasteiger partial charge in [0.1, 0.15) is 0 Å². The molecule has 5 nitrogen and oxygen atoms in total. The zero-order chi connectivity index (χ0) is 17.2. The maximum Gasteiger partial charge on any atom is 0.313 e. The number of carbonyl (C=O) groups excluding carboxylic acids is 2. The van der Waals surface area contributed by atoms with Crippen molar-refractivity contribution in [1.29, 1.82) is 0 Å². The van der Waals surface area contributed by atoms with Crippen molar-refractivity contribution >= 4 is 40.7 Å². The molecule has 1 aromatic rings. The summed E-state index contributed by atoms with van der Waals surface area (Å²) in [6.45, 7) is 3.37. The standard InChI is InChI=1S/C17H21Cl2N3O2/c18-12-1-2-14(13(19)11-12)21-15(23)16(24)22-9-5-17(6-10-22)3-7-20-8-4-17/h1-2,11,20H,3-10H2,(H,21,23). The van der Waals surface area contributed by atoms with E-state index in [1.54, 1.807) is 17.0 Å². The summed E-state index contributed by atoms with van der Waals surface area (Å²) >= 11 is 11.9. The number of rotatable bonds is 1. The Hall–Kier alpha value is -1.30. The van der Waals surface area contributed by atoms with E-state index in [0.29, 0.717) is 34.2 Å². The Morgan fingerprint density at radius 2 is 1.75 bits per heavy atom. The molecule has 24 heavy (non-hydrogen) atoms. The maximum absolute atomic E-state index is 12.4. The largest absolute Gasteiger partial charge is 0.334 e. The number of likely N-dealkylation sites (tertiary alicyclic amines) is 1. The molecule has 0 aliphatic carbocycles. The zero-order valence-electron chi connectivity index (χ0n) is 13.4. The molecule has 2 saturated heterocycles. The van der Waals surface area contributed by atoms with Crippen molar-refractivity contribution in [2.75, 3.05) is 31.5 Å². The van der Waals surface area contributed by atoms with Gasteiger partial charge < -0.3 is 15.5 Å². The number of benzene rings is 1. The first-order valence-electron chi connectivity index (χ1n) is 8.25. The molecule has 0 aromatic heterocycles. The fraction of sp³-hybridized carbons (Fsp3) is 0.529. The van der Waals surface area contributed by atoms with Gasteiger partial charge in [0.15, 0.2) is 0 Å². The van der Waals surface area contributed by atoms with Crippen LogP contribution in [0, 0.1) is 5.41 Å². The molecule has 2 aliphatic heterocycles. The van der Waals surface area contributed by atoms with E-state index in [9.17, 15) is 9.59 Å². The monoisotopic (exact) mass is 369 g/mol.